The Labute approximate surface area is 143 Å². The molecular weight excluding hydrogens is 328 g/mol. The van der Waals surface area contributed by atoms with Gasteiger partial charge in [-0.25, -0.2) is 4.98 Å². The van der Waals surface area contributed by atoms with Crippen LogP contribution in [0, 0.1) is 17.0 Å². The molecule has 1 fully saturated rings. The van der Waals surface area contributed by atoms with Gasteiger partial charge in [0.2, 0.25) is 0 Å². The minimum absolute atomic E-state index is 0.0748. The number of hydrogen-bond donors (Lipinski definition) is 1. The summed E-state index contributed by atoms with van der Waals surface area (Å²) >= 11 is 1.52. The van der Waals surface area contributed by atoms with Crippen molar-refractivity contribution in [2.45, 2.75) is 32.4 Å². The fraction of sp³-hybridized carbons (Fsp3) is 0.375. The number of benzene rings is 1. The minimum Gasteiger partial charge on any atom is -0.362 e. The number of hydrogen-bond acceptors (Lipinski definition) is 6. The fourth-order valence-electron chi connectivity index (χ4n) is 2.39. The Morgan fingerprint density at radius 1 is 1.50 bits per heavy atom. The number of nitro groups is 1. The molecule has 1 N–H and O–H groups in total. The van der Waals surface area contributed by atoms with E-state index in [1.807, 2.05) is 12.3 Å². The van der Waals surface area contributed by atoms with E-state index in [2.05, 4.69) is 10.3 Å². The van der Waals surface area contributed by atoms with E-state index in [1.54, 1.807) is 24.1 Å². The van der Waals surface area contributed by atoms with Crippen LogP contribution in [0.15, 0.2) is 23.6 Å². The van der Waals surface area contributed by atoms with E-state index >= 15 is 0 Å². The second kappa shape index (κ2) is 6.56. The predicted octanol–water partition coefficient (Wildman–Crippen LogP) is 2.89. The van der Waals surface area contributed by atoms with E-state index in [4.69, 9.17) is 0 Å². The molecule has 2 aromatic rings. The number of thiazole rings is 1. The van der Waals surface area contributed by atoms with Crippen molar-refractivity contribution in [2.75, 3.05) is 11.9 Å². The van der Waals surface area contributed by atoms with Crippen molar-refractivity contribution in [1.82, 2.24) is 10.3 Å². The number of carbonyl (C=O) groups is 1. The number of nitrogens with zero attached hydrogens (tertiary/aromatic N) is 3. The average Bonchev–Trinajstić information content (AvgIpc) is 3.27. The van der Waals surface area contributed by atoms with Gasteiger partial charge in [-0.3, -0.25) is 14.9 Å². The number of nitro benzene ring substituents is 1. The Balaban J connectivity index is 1.83. The molecule has 0 unspecified atom stereocenters. The Kier molecular flexibility index (Phi) is 4.48. The number of aromatic nitrogens is 1. The van der Waals surface area contributed by atoms with Crippen LogP contribution < -0.4 is 10.2 Å². The summed E-state index contributed by atoms with van der Waals surface area (Å²) < 4.78 is 0. The number of rotatable bonds is 6. The molecule has 0 radical (unpaired) electrons. The largest absolute Gasteiger partial charge is 0.362 e. The highest BCUT2D eigenvalue weighted by atomic mass is 32.1. The third-order valence-electron chi connectivity index (χ3n) is 3.80. The molecule has 0 spiro atoms. The van der Waals surface area contributed by atoms with Crippen LogP contribution in [0.3, 0.4) is 0 Å². The van der Waals surface area contributed by atoms with E-state index in [0.717, 1.165) is 23.5 Å². The molecule has 1 aromatic heterocycles. The van der Waals surface area contributed by atoms with Crippen LogP contribution in [0.5, 0.6) is 0 Å². The number of aryl methyl sites for hydroxylation is 1. The number of amides is 1. The van der Waals surface area contributed by atoms with Crippen LogP contribution in [0.1, 0.15) is 33.9 Å². The molecule has 0 saturated heterocycles. The molecule has 1 amide bonds. The van der Waals surface area contributed by atoms with Gasteiger partial charge < -0.3 is 10.2 Å². The summed E-state index contributed by atoms with van der Waals surface area (Å²) in [5, 5.41) is 17.1. The van der Waals surface area contributed by atoms with Crippen molar-refractivity contribution in [3.63, 3.8) is 0 Å². The van der Waals surface area contributed by atoms with E-state index in [9.17, 15) is 14.9 Å². The fourth-order valence-corrected chi connectivity index (χ4v) is 3.22. The number of nitrogens with one attached hydrogen (secondary N) is 1. The smallest absolute Gasteiger partial charge is 0.293 e. The van der Waals surface area contributed by atoms with Gasteiger partial charge in [0, 0.05) is 35.8 Å². The second-order valence-electron chi connectivity index (χ2n) is 5.95. The molecule has 126 valence electrons. The molecule has 7 nitrogen and oxygen atoms in total. The van der Waals surface area contributed by atoms with Crippen molar-refractivity contribution in [1.29, 1.82) is 0 Å². The van der Waals surface area contributed by atoms with Crippen LogP contribution in [-0.4, -0.2) is 28.9 Å². The summed E-state index contributed by atoms with van der Waals surface area (Å²) in [7, 11) is 1.78. The van der Waals surface area contributed by atoms with Gasteiger partial charge in [-0.05, 0) is 31.9 Å². The maximum Gasteiger partial charge on any atom is 0.293 e. The van der Waals surface area contributed by atoms with E-state index < -0.39 is 4.92 Å². The predicted molar refractivity (Wildman–Crippen MR) is 92.5 cm³/mol. The quantitative estimate of drug-likeness (QED) is 0.642. The zero-order valence-electron chi connectivity index (χ0n) is 13.5. The molecule has 1 aliphatic rings. The highest BCUT2D eigenvalue weighted by molar-refractivity contribution is 7.09. The summed E-state index contributed by atoms with van der Waals surface area (Å²) in [6.07, 6.45) is 1.95. The van der Waals surface area contributed by atoms with Crippen LogP contribution in [0.25, 0.3) is 0 Å². The standard InChI is InChI=1S/C16H18N4O3S/c1-10-9-24-15(17-10)8-19(2)13-6-3-11(7-14(13)20(22)23)16(21)18-12-4-5-12/h3,6-7,9,12H,4-5,8H2,1-2H3,(H,18,21). The van der Waals surface area contributed by atoms with E-state index in [0.29, 0.717) is 17.8 Å². The molecule has 1 heterocycles. The highest BCUT2D eigenvalue weighted by Gasteiger charge is 2.26. The zero-order chi connectivity index (χ0) is 17.3. The van der Waals surface area contributed by atoms with E-state index in [1.165, 1.54) is 17.4 Å². The van der Waals surface area contributed by atoms with Crippen molar-refractivity contribution >= 4 is 28.6 Å². The molecule has 1 aliphatic carbocycles. The van der Waals surface area contributed by atoms with Crippen LogP contribution in [-0.2, 0) is 6.54 Å². The van der Waals surface area contributed by atoms with Gasteiger partial charge in [0.05, 0.1) is 11.5 Å². The first-order valence-electron chi connectivity index (χ1n) is 7.65. The highest BCUT2D eigenvalue weighted by Crippen LogP contribution is 2.30. The van der Waals surface area contributed by atoms with Gasteiger partial charge in [0.15, 0.2) is 0 Å². The zero-order valence-corrected chi connectivity index (χ0v) is 14.3. The third kappa shape index (κ3) is 3.70. The first-order valence-corrected chi connectivity index (χ1v) is 8.53. The van der Waals surface area contributed by atoms with Crippen LogP contribution in [0.4, 0.5) is 11.4 Å². The lowest BCUT2D eigenvalue weighted by Gasteiger charge is -2.18. The topological polar surface area (TPSA) is 88.4 Å². The molecule has 24 heavy (non-hydrogen) atoms. The first kappa shape index (κ1) is 16.4. The van der Waals surface area contributed by atoms with Crippen LogP contribution >= 0.6 is 11.3 Å². The van der Waals surface area contributed by atoms with Crippen molar-refractivity contribution in [3.05, 3.63) is 50.0 Å². The lowest BCUT2D eigenvalue weighted by Crippen LogP contribution is -2.25. The molecular formula is C16H18N4O3S. The lowest BCUT2D eigenvalue weighted by atomic mass is 10.1. The third-order valence-corrected chi connectivity index (χ3v) is 4.75. The Morgan fingerprint density at radius 3 is 2.83 bits per heavy atom. The minimum atomic E-state index is -0.452. The molecule has 0 bridgehead atoms. The molecule has 3 rings (SSSR count). The Bertz CT molecular complexity index is 785. The maximum atomic E-state index is 12.1. The molecule has 0 aliphatic heterocycles. The molecule has 1 aromatic carbocycles. The first-order chi connectivity index (χ1) is 11.4. The van der Waals surface area contributed by atoms with Crippen molar-refractivity contribution in [2.24, 2.45) is 0 Å². The summed E-state index contributed by atoms with van der Waals surface area (Å²) in [5.41, 5.74) is 1.64. The number of anilines is 1. The maximum absolute atomic E-state index is 12.1. The Morgan fingerprint density at radius 2 is 2.25 bits per heavy atom. The second-order valence-corrected chi connectivity index (χ2v) is 6.89. The van der Waals surface area contributed by atoms with Crippen molar-refractivity contribution < 1.29 is 9.72 Å². The lowest BCUT2D eigenvalue weighted by molar-refractivity contribution is -0.384. The van der Waals surface area contributed by atoms with Gasteiger partial charge in [0.25, 0.3) is 11.6 Å². The summed E-state index contributed by atoms with van der Waals surface area (Å²) in [6.45, 7) is 2.39. The SMILES string of the molecule is Cc1csc(CN(C)c2ccc(C(=O)NC3CC3)cc2[N+](=O)[O-])n1. The van der Waals surface area contributed by atoms with E-state index in [-0.39, 0.29) is 17.6 Å². The van der Waals surface area contributed by atoms with Crippen molar-refractivity contribution in [3.8, 4) is 0 Å². The summed E-state index contributed by atoms with van der Waals surface area (Å²) in [4.78, 5) is 29.2. The van der Waals surface area contributed by atoms with Gasteiger partial charge in [-0.15, -0.1) is 11.3 Å². The molecule has 8 heteroatoms. The monoisotopic (exact) mass is 346 g/mol. The van der Waals surface area contributed by atoms with Gasteiger partial charge in [0.1, 0.15) is 10.7 Å². The van der Waals surface area contributed by atoms with Gasteiger partial charge >= 0.3 is 0 Å². The summed E-state index contributed by atoms with van der Waals surface area (Å²) in [6, 6.07) is 4.81. The number of carbonyl (C=O) groups excluding carboxylic acids is 1. The Hall–Kier alpha value is -2.48. The molecule has 1 saturated carbocycles. The van der Waals surface area contributed by atoms with Crippen LogP contribution in [0.2, 0.25) is 0 Å². The summed E-state index contributed by atoms with van der Waals surface area (Å²) in [5.74, 6) is -0.259. The van der Waals surface area contributed by atoms with Gasteiger partial charge in [-0.2, -0.15) is 0 Å². The normalized spacial score (nSPS) is 13.6. The van der Waals surface area contributed by atoms with Gasteiger partial charge in [-0.1, -0.05) is 0 Å². The average molecular weight is 346 g/mol. The molecule has 0 atom stereocenters.